The second kappa shape index (κ2) is 5.62. The number of fused-ring (bicyclic) bond motifs is 2. The third-order valence-corrected chi connectivity index (χ3v) is 3.86. The number of pyridine rings is 1. The van der Waals surface area contributed by atoms with Crippen molar-refractivity contribution in [1.29, 1.82) is 0 Å². The van der Waals surface area contributed by atoms with Crippen LogP contribution in [0.15, 0.2) is 77.1 Å². The van der Waals surface area contributed by atoms with Crippen LogP contribution in [-0.4, -0.2) is 15.2 Å². The van der Waals surface area contributed by atoms with Gasteiger partial charge in [0.2, 0.25) is 0 Å². The lowest BCUT2D eigenvalue weighted by atomic mass is 10.1. The highest BCUT2D eigenvalue weighted by Crippen LogP contribution is 2.40. The van der Waals surface area contributed by atoms with E-state index in [0.29, 0.717) is 16.6 Å². The molecule has 0 spiro atoms. The van der Waals surface area contributed by atoms with E-state index < -0.39 is 0 Å². The number of aromatic nitrogens is 1. The van der Waals surface area contributed by atoms with Gasteiger partial charge in [0.1, 0.15) is 17.0 Å². The summed E-state index contributed by atoms with van der Waals surface area (Å²) in [6.45, 7) is 0. The SMILES string of the molecule is Oc1cc(N=Nc2cccc3ccccc23)c(O)c2ncccc12. The molecule has 0 fully saturated rings. The number of phenols is 2. The first-order chi connectivity index (χ1) is 11.7. The average Bonchev–Trinajstić information content (AvgIpc) is 2.63. The first-order valence-electron chi connectivity index (χ1n) is 7.43. The number of aromatic hydroxyl groups is 2. The van der Waals surface area contributed by atoms with Crippen molar-refractivity contribution in [3.05, 3.63) is 66.9 Å². The molecule has 0 amide bonds. The Morgan fingerprint density at radius 2 is 1.50 bits per heavy atom. The molecule has 0 unspecified atom stereocenters. The predicted molar refractivity (Wildman–Crippen MR) is 93.2 cm³/mol. The van der Waals surface area contributed by atoms with E-state index in [2.05, 4.69) is 15.2 Å². The highest BCUT2D eigenvalue weighted by molar-refractivity contribution is 5.94. The quantitative estimate of drug-likeness (QED) is 0.393. The zero-order chi connectivity index (χ0) is 16.5. The minimum atomic E-state index is -0.104. The molecular weight excluding hydrogens is 302 g/mol. The molecule has 4 aromatic rings. The Bertz CT molecular complexity index is 1090. The maximum atomic E-state index is 10.3. The fourth-order valence-electron chi connectivity index (χ4n) is 2.68. The molecule has 4 rings (SSSR count). The van der Waals surface area contributed by atoms with Crippen LogP contribution in [0.1, 0.15) is 0 Å². The Labute approximate surface area is 137 Å². The van der Waals surface area contributed by atoms with Crippen molar-refractivity contribution in [3.8, 4) is 11.5 Å². The average molecular weight is 315 g/mol. The fraction of sp³-hybridized carbons (Fsp3) is 0. The molecule has 1 aromatic heterocycles. The van der Waals surface area contributed by atoms with E-state index in [1.54, 1.807) is 18.3 Å². The normalized spacial score (nSPS) is 11.5. The molecule has 116 valence electrons. The monoisotopic (exact) mass is 315 g/mol. The number of rotatable bonds is 2. The molecule has 0 aliphatic rings. The van der Waals surface area contributed by atoms with Crippen molar-refractivity contribution >= 4 is 33.1 Å². The van der Waals surface area contributed by atoms with Gasteiger partial charge >= 0.3 is 0 Å². The van der Waals surface area contributed by atoms with Crippen molar-refractivity contribution in [2.24, 2.45) is 10.2 Å². The van der Waals surface area contributed by atoms with Crippen molar-refractivity contribution in [2.45, 2.75) is 0 Å². The van der Waals surface area contributed by atoms with Gasteiger partial charge in [-0.15, -0.1) is 10.2 Å². The van der Waals surface area contributed by atoms with E-state index in [4.69, 9.17) is 0 Å². The van der Waals surface area contributed by atoms with Crippen LogP contribution in [0.2, 0.25) is 0 Å². The topological polar surface area (TPSA) is 78.1 Å². The Balaban J connectivity index is 1.84. The van der Waals surface area contributed by atoms with Gasteiger partial charge in [-0.05, 0) is 23.6 Å². The van der Waals surface area contributed by atoms with Gasteiger partial charge in [0.05, 0.1) is 5.69 Å². The van der Waals surface area contributed by atoms with E-state index in [0.717, 1.165) is 10.8 Å². The molecule has 0 radical (unpaired) electrons. The largest absolute Gasteiger partial charge is 0.507 e. The second-order valence-corrected chi connectivity index (χ2v) is 5.36. The summed E-state index contributed by atoms with van der Waals surface area (Å²) >= 11 is 0. The first-order valence-corrected chi connectivity index (χ1v) is 7.43. The van der Waals surface area contributed by atoms with Gasteiger partial charge in [-0.2, -0.15) is 0 Å². The third-order valence-electron chi connectivity index (χ3n) is 3.86. The molecule has 1 heterocycles. The lowest BCUT2D eigenvalue weighted by Gasteiger charge is -2.05. The molecular formula is C19H13N3O2. The first kappa shape index (κ1) is 14.1. The Morgan fingerprint density at radius 3 is 2.42 bits per heavy atom. The maximum Gasteiger partial charge on any atom is 0.170 e. The van der Waals surface area contributed by atoms with Crippen molar-refractivity contribution < 1.29 is 10.2 Å². The van der Waals surface area contributed by atoms with Gasteiger partial charge in [-0.3, -0.25) is 4.98 Å². The van der Waals surface area contributed by atoms with E-state index in [1.807, 2.05) is 42.5 Å². The van der Waals surface area contributed by atoms with Crippen LogP contribution >= 0.6 is 0 Å². The molecule has 5 nitrogen and oxygen atoms in total. The van der Waals surface area contributed by atoms with Gasteiger partial charge < -0.3 is 10.2 Å². The summed E-state index contributed by atoms with van der Waals surface area (Å²) < 4.78 is 0. The summed E-state index contributed by atoms with van der Waals surface area (Å²) in [5.74, 6) is -0.102. The zero-order valence-electron chi connectivity index (χ0n) is 12.6. The molecule has 0 saturated heterocycles. The van der Waals surface area contributed by atoms with Gasteiger partial charge in [-0.25, -0.2) is 0 Å². The lowest BCUT2D eigenvalue weighted by molar-refractivity contribution is 0.469. The standard InChI is InChI=1S/C19H13N3O2/c23-17-11-16(19(24)18-14(17)8-4-10-20-18)22-21-15-9-3-6-12-5-1-2-7-13(12)15/h1-11,23-24H. The van der Waals surface area contributed by atoms with Crippen LogP contribution < -0.4 is 0 Å². The summed E-state index contributed by atoms with van der Waals surface area (Å²) in [5, 5.41) is 31.3. The highest BCUT2D eigenvalue weighted by atomic mass is 16.3. The fourth-order valence-corrected chi connectivity index (χ4v) is 2.68. The molecule has 24 heavy (non-hydrogen) atoms. The number of hydrogen-bond acceptors (Lipinski definition) is 5. The summed E-state index contributed by atoms with van der Waals surface area (Å²) in [4.78, 5) is 4.10. The molecule has 0 aliphatic carbocycles. The van der Waals surface area contributed by atoms with Crippen LogP contribution in [0.25, 0.3) is 21.7 Å². The van der Waals surface area contributed by atoms with Crippen molar-refractivity contribution in [1.82, 2.24) is 4.98 Å². The number of nitrogens with zero attached hydrogens (tertiary/aromatic N) is 3. The number of phenolic OH excluding ortho intramolecular Hbond substituents is 2. The van der Waals surface area contributed by atoms with Crippen LogP contribution in [0.4, 0.5) is 11.4 Å². The van der Waals surface area contributed by atoms with E-state index in [1.165, 1.54) is 6.07 Å². The van der Waals surface area contributed by atoms with Crippen LogP contribution in [0, 0.1) is 0 Å². The Hall–Kier alpha value is -3.47. The summed E-state index contributed by atoms with van der Waals surface area (Å²) in [6.07, 6.45) is 1.55. The van der Waals surface area contributed by atoms with Gasteiger partial charge in [0.15, 0.2) is 5.75 Å². The van der Waals surface area contributed by atoms with Crippen LogP contribution in [-0.2, 0) is 0 Å². The molecule has 0 atom stereocenters. The number of azo groups is 1. The zero-order valence-corrected chi connectivity index (χ0v) is 12.6. The predicted octanol–water partition coefficient (Wildman–Crippen LogP) is 5.21. The van der Waals surface area contributed by atoms with Gasteiger partial charge in [0, 0.05) is 23.0 Å². The van der Waals surface area contributed by atoms with Crippen molar-refractivity contribution in [3.63, 3.8) is 0 Å². The Morgan fingerprint density at radius 1 is 0.750 bits per heavy atom. The number of hydrogen-bond donors (Lipinski definition) is 2. The Kier molecular flexibility index (Phi) is 3.31. The highest BCUT2D eigenvalue weighted by Gasteiger charge is 2.11. The summed E-state index contributed by atoms with van der Waals surface area (Å²) in [5.41, 5.74) is 1.16. The van der Waals surface area contributed by atoms with E-state index in [-0.39, 0.29) is 17.2 Å². The van der Waals surface area contributed by atoms with Gasteiger partial charge in [-0.1, -0.05) is 36.4 Å². The molecule has 0 bridgehead atoms. The second-order valence-electron chi connectivity index (χ2n) is 5.36. The van der Waals surface area contributed by atoms with Gasteiger partial charge in [0.25, 0.3) is 0 Å². The smallest absolute Gasteiger partial charge is 0.170 e. The third kappa shape index (κ3) is 2.32. The maximum absolute atomic E-state index is 10.3. The number of benzene rings is 3. The minimum absolute atomic E-state index is 0.00256. The summed E-state index contributed by atoms with van der Waals surface area (Å²) in [7, 11) is 0. The van der Waals surface area contributed by atoms with Crippen molar-refractivity contribution in [2.75, 3.05) is 0 Å². The van der Waals surface area contributed by atoms with E-state index >= 15 is 0 Å². The summed E-state index contributed by atoms with van der Waals surface area (Å²) in [6, 6.07) is 18.4. The lowest BCUT2D eigenvalue weighted by Crippen LogP contribution is -1.80. The van der Waals surface area contributed by atoms with E-state index in [9.17, 15) is 10.2 Å². The molecule has 0 saturated carbocycles. The molecule has 0 aliphatic heterocycles. The minimum Gasteiger partial charge on any atom is -0.507 e. The molecule has 5 heteroatoms. The molecule has 2 N–H and O–H groups in total. The van der Waals surface area contributed by atoms with Crippen LogP contribution in [0.3, 0.4) is 0 Å². The molecule has 3 aromatic carbocycles. The van der Waals surface area contributed by atoms with Crippen LogP contribution in [0.5, 0.6) is 11.5 Å².